The normalized spacial score (nSPS) is 12.0. The van der Waals surface area contributed by atoms with Gasteiger partial charge >= 0.3 is 5.97 Å². The monoisotopic (exact) mass is 295 g/mol. The number of carbonyl (C=O) groups is 2. The van der Waals surface area contributed by atoms with Crippen molar-refractivity contribution in [1.29, 1.82) is 0 Å². The summed E-state index contributed by atoms with van der Waals surface area (Å²) in [5, 5.41) is 11.4. The van der Waals surface area contributed by atoms with Crippen LogP contribution in [0.3, 0.4) is 0 Å². The smallest absolute Gasteiger partial charge is 0.303 e. The number of hydrogen-bond donors (Lipinski definition) is 2. The Bertz CT molecular complexity index is 418. The summed E-state index contributed by atoms with van der Waals surface area (Å²) in [6, 6.07) is 0.157. The van der Waals surface area contributed by atoms with E-state index >= 15 is 0 Å². The lowest BCUT2D eigenvalue weighted by Crippen LogP contribution is -2.27. The summed E-state index contributed by atoms with van der Waals surface area (Å²) in [5.41, 5.74) is 0. The fourth-order valence-corrected chi connectivity index (χ4v) is 2.27. The molecule has 6 nitrogen and oxygen atoms in total. The number of nitrogens with zero attached hydrogens (tertiary/aromatic N) is 2. The lowest BCUT2D eigenvalue weighted by molar-refractivity contribution is -0.137. The summed E-state index contributed by atoms with van der Waals surface area (Å²) in [4.78, 5) is 26.3. The molecule has 0 saturated heterocycles. The number of aromatic nitrogens is 2. The van der Waals surface area contributed by atoms with Crippen molar-refractivity contribution in [2.24, 2.45) is 0 Å². The van der Waals surface area contributed by atoms with Crippen LogP contribution in [0.1, 0.15) is 57.9 Å². The Hall–Kier alpha value is -1.85. The molecular formula is C15H25N3O3. The summed E-state index contributed by atoms with van der Waals surface area (Å²) in [5.74, 6) is -0.720. The van der Waals surface area contributed by atoms with Gasteiger partial charge in [-0.1, -0.05) is 19.8 Å². The summed E-state index contributed by atoms with van der Waals surface area (Å²) >= 11 is 0. The molecule has 0 aromatic carbocycles. The van der Waals surface area contributed by atoms with Gasteiger partial charge in [0.05, 0.1) is 6.33 Å². The minimum absolute atomic E-state index is 0.0420. The Morgan fingerprint density at radius 3 is 2.76 bits per heavy atom. The lowest BCUT2D eigenvalue weighted by atomic mass is 10.1. The molecule has 1 heterocycles. The number of carboxylic acid groups (broad SMARTS) is 1. The summed E-state index contributed by atoms with van der Waals surface area (Å²) < 4.78 is 1.98. The first-order valence-corrected chi connectivity index (χ1v) is 7.59. The Kier molecular flexibility index (Phi) is 8.16. The van der Waals surface area contributed by atoms with E-state index in [9.17, 15) is 9.59 Å². The molecule has 0 aliphatic rings. The average Bonchev–Trinajstić information content (AvgIpc) is 2.96. The zero-order valence-corrected chi connectivity index (χ0v) is 12.6. The van der Waals surface area contributed by atoms with Gasteiger partial charge in [0.2, 0.25) is 5.91 Å². The van der Waals surface area contributed by atoms with E-state index < -0.39 is 5.97 Å². The van der Waals surface area contributed by atoms with E-state index in [0.717, 1.165) is 25.7 Å². The third-order valence-corrected chi connectivity index (χ3v) is 3.38. The van der Waals surface area contributed by atoms with Crippen LogP contribution in [0.5, 0.6) is 0 Å². The highest BCUT2D eigenvalue weighted by atomic mass is 16.4. The average molecular weight is 295 g/mol. The number of rotatable bonds is 11. The fraction of sp³-hybridized carbons (Fsp3) is 0.667. The molecule has 1 aromatic rings. The number of nitrogens with one attached hydrogen (secondary N) is 1. The molecule has 0 aliphatic carbocycles. The molecule has 1 unspecified atom stereocenters. The molecule has 1 atom stereocenters. The molecule has 2 N–H and O–H groups in total. The van der Waals surface area contributed by atoms with Gasteiger partial charge in [-0.25, -0.2) is 4.98 Å². The van der Waals surface area contributed by atoms with Gasteiger partial charge in [0.15, 0.2) is 0 Å². The van der Waals surface area contributed by atoms with Crippen LogP contribution in [-0.2, 0) is 9.59 Å². The minimum atomic E-state index is -0.762. The lowest BCUT2D eigenvalue weighted by Gasteiger charge is -2.17. The summed E-state index contributed by atoms with van der Waals surface area (Å²) in [7, 11) is 0. The van der Waals surface area contributed by atoms with E-state index in [4.69, 9.17) is 5.11 Å². The van der Waals surface area contributed by atoms with Crippen LogP contribution in [0, 0.1) is 0 Å². The van der Waals surface area contributed by atoms with Crippen molar-refractivity contribution in [2.45, 2.75) is 57.9 Å². The van der Waals surface area contributed by atoms with Gasteiger partial charge in [-0.15, -0.1) is 0 Å². The molecule has 0 saturated carbocycles. The van der Waals surface area contributed by atoms with Crippen molar-refractivity contribution in [3.05, 3.63) is 18.7 Å². The van der Waals surface area contributed by atoms with Crippen LogP contribution in [0.4, 0.5) is 0 Å². The quantitative estimate of drug-likeness (QED) is 0.614. The third kappa shape index (κ3) is 7.48. The fourth-order valence-electron chi connectivity index (χ4n) is 2.27. The third-order valence-electron chi connectivity index (χ3n) is 3.38. The van der Waals surface area contributed by atoms with Gasteiger partial charge in [0.25, 0.3) is 0 Å². The van der Waals surface area contributed by atoms with Gasteiger partial charge in [-0.2, -0.15) is 0 Å². The minimum Gasteiger partial charge on any atom is -0.481 e. The second-order valence-electron chi connectivity index (χ2n) is 5.21. The molecule has 0 spiro atoms. The van der Waals surface area contributed by atoms with Gasteiger partial charge in [-0.3, -0.25) is 9.59 Å². The number of aliphatic carboxylic acids is 1. The van der Waals surface area contributed by atoms with Gasteiger partial charge < -0.3 is 15.0 Å². The van der Waals surface area contributed by atoms with E-state index in [1.807, 2.05) is 10.8 Å². The Morgan fingerprint density at radius 1 is 1.33 bits per heavy atom. The molecule has 6 heteroatoms. The zero-order chi connectivity index (χ0) is 15.5. The molecule has 0 radical (unpaired) electrons. The van der Waals surface area contributed by atoms with Crippen LogP contribution >= 0.6 is 0 Å². The number of amides is 1. The second-order valence-corrected chi connectivity index (χ2v) is 5.21. The molecule has 118 valence electrons. The van der Waals surface area contributed by atoms with E-state index in [2.05, 4.69) is 17.2 Å². The van der Waals surface area contributed by atoms with Crippen molar-refractivity contribution < 1.29 is 14.7 Å². The van der Waals surface area contributed by atoms with E-state index in [1.54, 1.807) is 12.5 Å². The second kappa shape index (κ2) is 9.96. The molecule has 21 heavy (non-hydrogen) atoms. The standard InChI is InChI=1S/C15H25N3O3/c1-2-6-13(18-10-9-16-12-18)11-14(19)17-8-5-3-4-7-15(20)21/h9-10,12-13H,2-8,11H2,1H3,(H,17,19)(H,20,21). The molecule has 1 amide bonds. The largest absolute Gasteiger partial charge is 0.481 e. The highest BCUT2D eigenvalue weighted by Crippen LogP contribution is 2.17. The predicted octanol–water partition coefficient (Wildman–Crippen LogP) is 2.38. The number of imidazole rings is 1. The van der Waals surface area contributed by atoms with E-state index in [1.165, 1.54) is 0 Å². The molecular weight excluding hydrogens is 270 g/mol. The molecule has 0 fully saturated rings. The van der Waals surface area contributed by atoms with Crippen LogP contribution in [0.15, 0.2) is 18.7 Å². The van der Waals surface area contributed by atoms with Crippen LogP contribution in [-0.4, -0.2) is 33.1 Å². The van der Waals surface area contributed by atoms with Crippen molar-refractivity contribution >= 4 is 11.9 Å². The maximum absolute atomic E-state index is 11.9. The van der Waals surface area contributed by atoms with E-state index in [-0.39, 0.29) is 18.4 Å². The number of hydrogen-bond acceptors (Lipinski definition) is 3. The van der Waals surface area contributed by atoms with E-state index in [0.29, 0.717) is 19.4 Å². The molecule has 1 aromatic heterocycles. The number of unbranched alkanes of at least 4 members (excludes halogenated alkanes) is 2. The van der Waals surface area contributed by atoms with Crippen LogP contribution in [0.2, 0.25) is 0 Å². The number of carboxylic acids is 1. The first-order chi connectivity index (χ1) is 10.1. The molecule has 0 aliphatic heterocycles. The van der Waals surface area contributed by atoms with Gasteiger partial charge in [0, 0.05) is 37.8 Å². The maximum atomic E-state index is 11.9. The highest BCUT2D eigenvalue weighted by Gasteiger charge is 2.14. The molecule has 1 rings (SSSR count). The first kappa shape index (κ1) is 17.2. The predicted molar refractivity (Wildman–Crippen MR) is 79.9 cm³/mol. The summed E-state index contributed by atoms with van der Waals surface area (Å²) in [6.07, 6.45) is 10.3. The Balaban J connectivity index is 2.20. The summed E-state index contributed by atoms with van der Waals surface area (Å²) in [6.45, 7) is 2.71. The van der Waals surface area contributed by atoms with Crippen molar-refractivity contribution in [3.63, 3.8) is 0 Å². The Labute approximate surface area is 125 Å². The SMILES string of the molecule is CCCC(CC(=O)NCCCCCC(=O)O)n1ccnc1. The van der Waals surface area contributed by atoms with Crippen molar-refractivity contribution in [1.82, 2.24) is 14.9 Å². The molecule has 0 bridgehead atoms. The van der Waals surface area contributed by atoms with Gasteiger partial charge in [-0.05, 0) is 19.3 Å². The zero-order valence-electron chi connectivity index (χ0n) is 12.6. The van der Waals surface area contributed by atoms with Crippen molar-refractivity contribution in [3.8, 4) is 0 Å². The van der Waals surface area contributed by atoms with Gasteiger partial charge in [0.1, 0.15) is 0 Å². The number of carbonyl (C=O) groups excluding carboxylic acids is 1. The first-order valence-electron chi connectivity index (χ1n) is 7.59. The van der Waals surface area contributed by atoms with Crippen molar-refractivity contribution in [2.75, 3.05) is 6.54 Å². The van der Waals surface area contributed by atoms with Crippen LogP contribution < -0.4 is 5.32 Å². The Morgan fingerprint density at radius 2 is 2.14 bits per heavy atom. The topological polar surface area (TPSA) is 84.2 Å². The maximum Gasteiger partial charge on any atom is 0.303 e. The highest BCUT2D eigenvalue weighted by molar-refractivity contribution is 5.76. The van der Waals surface area contributed by atoms with Crippen LogP contribution in [0.25, 0.3) is 0 Å².